The first kappa shape index (κ1) is 30.5. The summed E-state index contributed by atoms with van der Waals surface area (Å²) in [6, 6.07) is 25.3. The molecule has 0 aliphatic rings. The van der Waals surface area contributed by atoms with Crippen molar-refractivity contribution >= 4 is 17.1 Å². The van der Waals surface area contributed by atoms with Crippen LogP contribution in [0.25, 0.3) is 22.3 Å². The molecule has 0 saturated carbocycles. The normalized spacial score (nSPS) is 11.4. The number of rotatable bonds is 11. The smallest absolute Gasteiger partial charge is 0.282 e. The molecule has 5 aromatic rings. The van der Waals surface area contributed by atoms with E-state index in [2.05, 4.69) is 39.0 Å². The number of ether oxygens (including phenoxy) is 3. The molecule has 5 rings (SSSR count). The molecule has 0 atom stereocenters. The van der Waals surface area contributed by atoms with Gasteiger partial charge in [-0.05, 0) is 98.3 Å². The Morgan fingerprint density at radius 3 is 2.36 bits per heavy atom. The highest BCUT2D eigenvalue weighted by molar-refractivity contribution is 5.83. The average molecular weight is 590 g/mol. The molecule has 7 heteroatoms. The van der Waals surface area contributed by atoms with Crippen molar-refractivity contribution in [2.24, 2.45) is 5.10 Å². The fraction of sp³-hybridized carbons (Fsp3) is 0.270. The van der Waals surface area contributed by atoms with Gasteiger partial charge in [-0.25, -0.2) is 4.98 Å². The fourth-order valence-electron chi connectivity index (χ4n) is 5.16. The Kier molecular flexibility index (Phi) is 9.44. The highest BCUT2D eigenvalue weighted by Crippen LogP contribution is 2.34. The van der Waals surface area contributed by atoms with E-state index in [0.717, 1.165) is 33.6 Å². The van der Waals surface area contributed by atoms with Crippen molar-refractivity contribution in [3.63, 3.8) is 0 Å². The number of hydrogen-bond acceptors (Lipinski definition) is 6. The molecule has 0 fully saturated rings. The van der Waals surface area contributed by atoms with Gasteiger partial charge in [0.1, 0.15) is 12.4 Å². The molecule has 0 aliphatic heterocycles. The molecule has 0 N–H and O–H groups in total. The van der Waals surface area contributed by atoms with E-state index in [0.29, 0.717) is 48.0 Å². The third-order valence-corrected chi connectivity index (χ3v) is 7.34. The fourth-order valence-corrected chi connectivity index (χ4v) is 5.16. The van der Waals surface area contributed by atoms with E-state index in [1.807, 2.05) is 75.4 Å². The van der Waals surface area contributed by atoms with Crippen molar-refractivity contribution in [2.45, 2.75) is 54.1 Å². The summed E-state index contributed by atoms with van der Waals surface area (Å²) in [5, 5.41) is 5.20. The summed E-state index contributed by atoms with van der Waals surface area (Å²) < 4.78 is 19.4. The lowest BCUT2D eigenvalue weighted by atomic mass is 9.96. The highest BCUT2D eigenvalue weighted by atomic mass is 16.5. The van der Waals surface area contributed by atoms with Gasteiger partial charge in [0.15, 0.2) is 17.3 Å². The Morgan fingerprint density at radius 2 is 1.61 bits per heavy atom. The van der Waals surface area contributed by atoms with Gasteiger partial charge < -0.3 is 14.2 Å². The second-order valence-corrected chi connectivity index (χ2v) is 11.0. The first-order chi connectivity index (χ1) is 21.3. The second kappa shape index (κ2) is 13.6. The highest BCUT2D eigenvalue weighted by Gasteiger charge is 2.18. The lowest BCUT2D eigenvalue weighted by molar-refractivity contribution is 0.269. The van der Waals surface area contributed by atoms with Crippen LogP contribution in [0.5, 0.6) is 17.2 Å². The first-order valence-corrected chi connectivity index (χ1v) is 15.1. The van der Waals surface area contributed by atoms with E-state index >= 15 is 0 Å². The van der Waals surface area contributed by atoms with Gasteiger partial charge in [-0.1, -0.05) is 55.8 Å². The molecule has 226 valence electrons. The number of aryl methyl sites for hydroxylation is 2. The standard InChI is InChI=1S/C37H39N3O4/c1-7-42-34-19-26(6)31(21-30(34)24(3)4)36-39-32-15-10-9-14-29(32)37(41)40(36)38-22-27-16-17-33(35(20-27)43-8-2)44-23-28-13-11-12-25(5)18-28/h9-22,24H,7-8,23H2,1-6H3. The van der Waals surface area contributed by atoms with Crippen LogP contribution in [0.1, 0.15) is 61.4 Å². The number of benzene rings is 4. The summed E-state index contributed by atoms with van der Waals surface area (Å²) in [4.78, 5) is 18.8. The van der Waals surface area contributed by atoms with Crippen molar-refractivity contribution in [3.05, 3.63) is 117 Å². The zero-order chi connectivity index (χ0) is 31.2. The zero-order valence-electron chi connectivity index (χ0n) is 26.3. The number of hydrogen-bond donors (Lipinski definition) is 0. The van der Waals surface area contributed by atoms with Crippen molar-refractivity contribution in [1.29, 1.82) is 0 Å². The Bertz CT molecular complexity index is 1870. The summed E-state index contributed by atoms with van der Waals surface area (Å²) in [6.45, 7) is 13.7. The van der Waals surface area contributed by atoms with Crippen LogP contribution in [0.3, 0.4) is 0 Å². The molecule has 7 nitrogen and oxygen atoms in total. The summed E-state index contributed by atoms with van der Waals surface area (Å²) in [7, 11) is 0. The molecule has 0 spiro atoms. The molecular weight excluding hydrogens is 550 g/mol. The number of para-hydroxylation sites is 1. The van der Waals surface area contributed by atoms with Gasteiger partial charge in [0.2, 0.25) is 0 Å². The topological polar surface area (TPSA) is 74.9 Å². The van der Waals surface area contributed by atoms with Crippen LogP contribution < -0.4 is 19.8 Å². The molecule has 1 heterocycles. The number of fused-ring (bicyclic) bond motifs is 1. The van der Waals surface area contributed by atoms with Gasteiger partial charge in [-0.2, -0.15) is 9.78 Å². The minimum atomic E-state index is -0.246. The van der Waals surface area contributed by atoms with Crippen LogP contribution >= 0.6 is 0 Å². The number of aromatic nitrogens is 2. The quantitative estimate of drug-likeness (QED) is 0.146. The average Bonchev–Trinajstić information content (AvgIpc) is 3.00. The maximum absolute atomic E-state index is 13.9. The van der Waals surface area contributed by atoms with Crippen LogP contribution in [-0.2, 0) is 6.61 Å². The van der Waals surface area contributed by atoms with Crippen molar-refractivity contribution in [3.8, 4) is 28.6 Å². The molecular formula is C37H39N3O4. The second-order valence-electron chi connectivity index (χ2n) is 11.0. The summed E-state index contributed by atoms with van der Waals surface area (Å²) in [6.07, 6.45) is 1.65. The molecule has 0 unspecified atom stereocenters. The van der Waals surface area contributed by atoms with E-state index in [9.17, 15) is 4.79 Å². The minimum absolute atomic E-state index is 0.212. The van der Waals surface area contributed by atoms with Crippen LogP contribution in [0, 0.1) is 13.8 Å². The third-order valence-electron chi connectivity index (χ3n) is 7.34. The predicted molar refractivity (Wildman–Crippen MR) is 178 cm³/mol. The van der Waals surface area contributed by atoms with Gasteiger partial charge in [-0.15, -0.1) is 0 Å². The van der Waals surface area contributed by atoms with E-state index in [-0.39, 0.29) is 11.5 Å². The zero-order valence-corrected chi connectivity index (χ0v) is 26.3. The van der Waals surface area contributed by atoms with Crippen LogP contribution in [0.2, 0.25) is 0 Å². The maximum Gasteiger partial charge on any atom is 0.282 e. The molecule has 0 bridgehead atoms. The third kappa shape index (κ3) is 6.67. The van der Waals surface area contributed by atoms with E-state index in [4.69, 9.17) is 24.3 Å². The Labute approximate surface area is 258 Å². The largest absolute Gasteiger partial charge is 0.494 e. The minimum Gasteiger partial charge on any atom is -0.494 e. The number of nitrogens with zero attached hydrogens (tertiary/aromatic N) is 3. The van der Waals surface area contributed by atoms with Gasteiger partial charge in [0.25, 0.3) is 5.56 Å². The summed E-state index contributed by atoms with van der Waals surface area (Å²) in [5.74, 6) is 2.77. The Morgan fingerprint density at radius 1 is 0.841 bits per heavy atom. The van der Waals surface area contributed by atoms with Gasteiger partial charge in [-0.3, -0.25) is 4.79 Å². The Balaban J connectivity index is 1.57. The molecule has 0 amide bonds. The lowest BCUT2D eigenvalue weighted by Gasteiger charge is -2.18. The Hall–Kier alpha value is -4.91. The lowest BCUT2D eigenvalue weighted by Crippen LogP contribution is -2.21. The molecule has 0 aliphatic carbocycles. The van der Waals surface area contributed by atoms with Crippen molar-refractivity contribution in [2.75, 3.05) is 13.2 Å². The van der Waals surface area contributed by atoms with Crippen molar-refractivity contribution < 1.29 is 14.2 Å². The summed E-state index contributed by atoms with van der Waals surface area (Å²) >= 11 is 0. The molecule has 0 saturated heterocycles. The van der Waals surface area contributed by atoms with Crippen LogP contribution in [-0.4, -0.2) is 29.1 Å². The van der Waals surface area contributed by atoms with Gasteiger partial charge in [0, 0.05) is 5.56 Å². The van der Waals surface area contributed by atoms with Gasteiger partial charge >= 0.3 is 0 Å². The predicted octanol–water partition coefficient (Wildman–Crippen LogP) is 8.06. The van der Waals surface area contributed by atoms with E-state index in [1.54, 1.807) is 12.3 Å². The monoisotopic (exact) mass is 589 g/mol. The first-order valence-electron chi connectivity index (χ1n) is 15.1. The molecule has 0 radical (unpaired) electrons. The molecule has 1 aromatic heterocycles. The van der Waals surface area contributed by atoms with Gasteiger partial charge in [0.05, 0.1) is 30.3 Å². The molecule has 4 aromatic carbocycles. The maximum atomic E-state index is 13.9. The van der Waals surface area contributed by atoms with E-state index in [1.165, 1.54) is 10.2 Å². The van der Waals surface area contributed by atoms with E-state index < -0.39 is 0 Å². The van der Waals surface area contributed by atoms with Crippen molar-refractivity contribution in [1.82, 2.24) is 9.66 Å². The van der Waals surface area contributed by atoms with Crippen LogP contribution in [0.4, 0.5) is 0 Å². The SMILES string of the molecule is CCOc1cc(C=Nn2c(-c3cc(C(C)C)c(OCC)cc3C)nc3ccccc3c2=O)ccc1OCc1cccc(C)c1. The summed E-state index contributed by atoms with van der Waals surface area (Å²) in [5.41, 5.74) is 6.21. The van der Waals surface area contributed by atoms with Crippen LogP contribution in [0.15, 0.2) is 88.8 Å². The molecule has 44 heavy (non-hydrogen) atoms.